The Hall–Kier alpha value is -3.23. The zero-order valence-electron chi connectivity index (χ0n) is 17.8. The maximum absolute atomic E-state index is 12.7. The molecule has 0 fully saturated rings. The third-order valence-corrected chi connectivity index (χ3v) is 6.74. The number of Topliss-reactive ketones (excluding diaryl/α,β-unsaturated/α-hetero) is 1. The van der Waals surface area contributed by atoms with Gasteiger partial charge in [-0.25, -0.2) is 17.5 Å². The van der Waals surface area contributed by atoms with Crippen LogP contribution in [-0.2, 0) is 14.8 Å². The molecule has 31 heavy (non-hydrogen) atoms. The number of benzene rings is 2. The first-order valence-corrected chi connectivity index (χ1v) is 11.0. The quantitative estimate of drug-likeness (QED) is 0.415. The summed E-state index contributed by atoms with van der Waals surface area (Å²) in [7, 11) is -0.870. The monoisotopic (exact) mass is 440 g/mol. The molecule has 0 unspecified atom stereocenters. The van der Waals surface area contributed by atoms with Gasteiger partial charge < -0.3 is 9.30 Å². The maximum Gasteiger partial charge on any atom is 0.338 e. The topological polar surface area (TPSA) is 85.7 Å². The first-order valence-electron chi connectivity index (χ1n) is 9.60. The van der Waals surface area contributed by atoms with Crippen LogP contribution in [0.1, 0.15) is 32.1 Å². The fourth-order valence-electron chi connectivity index (χ4n) is 3.31. The molecular formula is C23H24N2O5S. The molecule has 0 amide bonds. The Morgan fingerprint density at radius 1 is 0.968 bits per heavy atom. The summed E-state index contributed by atoms with van der Waals surface area (Å²) in [5.74, 6) is -1.10. The molecule has 0 spiro atoms. The lowest BCUT2D eigenvalue weighted by Crippen LogP contribution is -2.22. The molecule has 0 saturated carbocycles. The molecule has 0 radical (unpaired) electrons. The lowest BCUT2D eigenvalue weighted by Gasteiger charge is -2.12. The molecular weight excluding hydrogens is 416 g/mol. The SMILES string of the molecule is Cc1cc(C(=O)COC(=O)c2cccc(S(=O)(=O)N(C)C)c2)c(C)n1-c1ccccc1. The number of hydrogen-bond donors (Lipinski definition) is 0. The van der Waals surface area contributed by atoms with Gasteiger partial charge in [-0.1, -0.05) is 24.3 Å². The van der Waals surface area contributed by atoms with Crippen molar-refractivity contribution >= 4 is 21.8 Å². The third kappa shape index (κ3) is 4.60. The van der Waals surface area contributed by atoms with Gasteiger partial charge in [0, 0.05) is 36.7 Å². The molecule has 3 aromatic rings. The Morgan fingerprint density at radius 2 is 1.65 bits per heavy atom. The predicted octanol–water partition coefficient (Wildman–Crippen LogP) is 3.38. The molecule has 0 saturated heterocycles. The summed E-state index contributed by atoms with van der Waals surface area (Å²) < 4.78 is 32.7. The van der Waals surface area contributed by atoms with Crippen molar-refractivity contribution in [3.8, 4) is 5.69 Å². The Balaban J connectivity index is 1.76. The van der Waals surface area contributed by atoms with Crippen LogP contribution in [-0.4, -0.2) is 49.7 Å². The van der Waals surface area contributed by atoms with Crippen LogP contribution in [0.15, 0.2) is 65.6 Å². The summed E-state index contributed by atoms with van der Waals surface area (Å²) in [6, 6.07) is 17.0. The Morgan fingerprint density at radius 3 is 2.29 bits per heavy atom. The van der Waals surface area contributed by atoms with Crippen molar-refractivity contribution < 1.29 is 22.7 Å². The second-order valence-corrected chi connectivity index (χ2v) is 9.42. The van der Waals surface area contributed by atoms with Crippen LogP contribution >= 0.6 is 0 Å². The van der Waals surface area contributed by atoms with E-state index in [-0.39, 0.29) is 16.2 Å². The number of nitrogens with zero attached hydrogens (tertiary/aromatic N) is 2. The smallest absolute Gasteiger partial charge is 0.338 e. The summed E-state index contributed by atoms with van der Waals surface area (Å²) in [4.78, 5) is 25.1. The van der Waals surface area contributed by atoms with E-state index in [0.717, 1.165) is 21.4 Å². The van der Waals surface area contributed by atoms with E-state index in [1.807, 2.05) is 48.7 Å². The van der Waals surface area contributed by atoms with Gasteiger partial charge in [-0.3, -0.25) is 4.79 Å². The molecule has 1 heterocycles. The number of para-hydroxylation sites is 1. The van der Waals surface area contributed by atoms with Gasteiger partial charge in [-0.2, -0.15) is 0 Å². The largest absolute Gasteiger partial charge is 0.454 e. The number of esters is 1. The number of aromatic nitrogens is 1. The van der Waals surface area contributed by atoms with Crippen LogP contribution in [0.2, 0.25) is 0 Å². The van der Waals surface area contributed by atoms with Crippen molar-refractivity contribution in [3.05, 3.63) is 83.2 Å². The predicted molar refractivity (Wildman–Crippen MR) is 117 cm³/mol. The van der Waals surface area contributed by atoms with Crippen molar-refractivity contribution in [2.24, 2.45) is 0 Å². The summed E-state index contributed by atoms with van der Waals surface area (Å²) in [5, 5.41) is 0. The average Bonchev–Trinajstić information content (AvgIpc) is 3.06. The van der Waals surface area contributed by atoms with E-state index < -0.39 is 22.6 Å². The molecule has 3 rings (SSSR count). The number of ether oxygens (including phenoxy) is 1. The molecule has 0 bridgehead atoms. The zero-order chi connectivity index (χ0) is 22.8. The van der Waals surface area contributed by atoms with Crippen LogP contribution in [0.4, 0.5) is 0 Å². The van der Waals surface area contributed by atoms with Crippen LogP contribution in [0.3, 0.4) is 0 Å². The van der Waals surface area contributed by atoms with Gasteiger partial charge in [0.05, 0.1) is 10.5 Å². The van der Waals surface area contributed by atoms with Crippen LogP contribution in [0.25, 0.3) is 5.69 Å². The van der Waals surface area contributed by atoms with Crippen molar-refractivity contribution in [1.29, 1.82) is 0 Å². The molecule has 7 nitrogen and oxygen atoms in total. The van der Waals surface area contributed by atoms with E-state index in [2.05, 4.69) is 0 Å². The van der Waals surface area contributed by atoms with Gasteiger partial charge >= 0.3 is 5.97 Å². The van der Waals surface area contributed by atoms with Gasteiger partial charge in [-0.15, -0.1) is 0 Å². The molecule has 1 aromatic heterocycles. The fraction of sp³-hybridized carbons (Fsp3) is 0.217. The number of aryl methyl sites for hydroxylation is 1. The minimum atomic E-state index is -3.69. The van der Waals surface area contributed by atoms with Gasteiger partial charge in [-0.05, 0) is 50.2 Å². The fourth-order valence-corrected chi connectivity index (χ4v) is 4.25. The standard InChI is InChI=1S/C23H24N2O5S/c1-16-13-21(17(2)25(16)19-10-6-5-7-11-19)22(26)15-30-23(27)18-9-8-12-20(14-18)31(28,29)24(3)4/h5-14H,15H2,1-4H3. The van der Waals surface area contributed by atoms with Crippen molar-refractivity contribution in [1.82, 2.24) is 8.87 Å². The van der Waals surface area contributed by atoms with Crippen molar-refractivity contribution in [2.45, 2.75) is 18.7 Å². The molecule has 162 valence electrons. The van der Waals surface area contributed by atoms with E-state index in [4.69, 9.17) is 4.74 Å². The van der Waals surface area contributed by atoms with Gasteiger partial charge in [0.1, 0.15) is 0 Å². The number of sulfonamides is 1. The number of rotatable bonds is 7. The second kappa shape index (κ2) is 8.87. The molecule has 2 aromatic carbocycles. The Kier molecular flexibility index (Phi) is 6.42. The van der Waals surface area contributed by atoms with E-state index in [1.165, 1.54) is 38.4 Å². The summed E-state index contributed by atoms with van der Waals surface area (Å²) in [6.07, 6.45) is 0. The number of carbonyl (C=O) groups excluding carboxylic acids is 2. The molecule has 8 heteroatoms. The molecule has 0 N–H and O–H groups in total. The van der Waals surface area contributed by atoms with Gasteiger partial charge in [0.25, 0.3) is 0 Å². The van der Waals surface area contributed by atoms with Crippen molar-refractivity contribution in [3.63, 3.8) is 0 Å². The number of hydrogen-bond acceptors (Lipinski definition) is 5. The maximum atomic E-state index is 12.7. The van der Waals surface area contributed by atoms with Crippen LogP contribution in [0.5, 0.6) is 0 Å². The van der Waals surface area contributed by atoms with Crippen LogP contribution in [0, 0.1) is 13.8 Å². The minimum Gasteiger partial charge on any atom is -0.454 e. The first-order chi connectivity index (χ1) is 14.6. The molecule has 0 atom stereocenters. The highest BCUT2D eigenvalue weighted by Crippen LogP contribution is 2.21. The molecule has 0 aliphatic carbocycles. The molecule has 0 aliphatic heterocycles. The summed E-state index contributed by atoms with van der Waals surface area (Å²) in [6.45, 7) is 3.30. The number of ketones is 1. The second-order valence-electron chi connectivity index (χ2n) is 7.27. The summed E-state index contributed by atoms with van der Waals surface area (Å²) in [5.41, 5.74) is 3.11. The van der Waals surface area contributed by atoms with Gasteiger partial charge in [0.2, 0.25) is 15.8 Å². The van der Waals surface area contributed by atoms with E-state index in [0.29, 0.717) is 5.56 Å². The third-order valence-electron chi connectivity index (χ3n) is 4.93. The Labute approximate surface area is 181 Å². The Bertz CT molecular complexity index is 1230. The van der Waals surface area contributed by atoms with E-state index in [9.17, 15) is 18.0 Å². The van der Waals surface area contributed by atoms with E-state index >= 15 is 0 Å². The lowest BCUT2D eigenvalue weighted by molar-refractivity contribution is 0.0474. The minimum absolute atomic E-state index is 0.0234. The van der Waals surface area contributed by atoms with E-state index in [1.54, 1.807) is 6.07 Å². The lowest BCUT2D eigenvalue weighted by atomic mass is 10.1. The summed E-state index contributed by atoms with van der Waals surface area (Å²) >= 11 is 0. The highest BCUT2D eigenvalue weighted by molar-refractivity contribution is 7.89. The normalized spacial score (nSPS) is 11.5. The van der Waals surface area contributed by atoms with Crippen LogP contribution < -0.4 is 0 Å². The van der Waals surface area contributed by atoms with Crippen molar-refractivity contribution in [2.75, 3.05) is 20.7 Å². The highest BCUT2D eigenvalue weighted by Gasteiger charge is 2.21. The first kappa shape index (κ1) is 22.5. The molecule has 0 aliphatic rings. The number of carbonyl (C=O) groups is 2. The zero-order valence-corrected chi connectivity index (χ0v) is 18.6. The highest BCUT2D eigenvalue weighted by atomic mass is 32.2. The van der Waals surface area contributed by atoms with Gasteiger partial charge in [0.15, 0.2) is 6.61 Å². The average molecular weight is 441 g/mol.